The van der Waals surface area contributed by atoms with Crippen LogP contribution < -0.4 is 16.0 Å². The van der Waals surface area contributed by atoms with Crippen molar-refractivity contribution in [2.24, 2.45) is 5.92 Å². The fourth-order valence-corrected chi connectivity index (χ4v) is 5.69. The van der Waals surface area contributed by atoms with Gasteiger partial charge >= 0.3 is 6.18 Å². The molecule has 0 aliphatic heterocycles. The summed E-state index contributed by atoms with van der Waals surface area (Å²) < 4.78 is 51.5. The van der Waals surface area contributed by atoms with Gasteiger partial charge in [-0.25, -0.2) is 4.39 Å². The molecule has 3 aromatic rings. The van der Waals surface area contributed by atoms with Crippen LogP contribution in [0.25, 0.3) is 0 Å². The van der Waals surface area contributed by atoms with Gasteiger partial charge < -0.3 is 16.0 Å². The summed E-state index contributed by atoms with van der Waals surface area (Å²) >= 11 is 31.0. The first-order valence-corrected chi connectivity index (χ1v) is 13.3. The Morgan fingerprint density at radius 2 is 1.54 bits per heavy atom. The maximum atomic E-state index is 13.7. The number of benzene rings is 3. The molecule has 0 heterocycles. The van der Waals surface area contributed by atoms with Crippen LogP contribution in [0, 0.1) is 11.7 Å². The maximum Gasteiger partial charge on any atom is 0.419 e. The molecular formula is C26H16Cl5F4N3O3. The van der Waals surface area contributed by atoms with E-state index in [1.165, 1.54) is 37.3 Å². The lowest BCUT2D eigenvalue weighted by molar-refractivity contribution is -0.140. The number of hydrogen-bond acceptors (Lipinski definition) is 3. The Balaban J connectivity index is 1.53. The van der Waals surface area contributed by atoms with Crippen LogP contribution in [0.15, 0.2) is 48.5 Å². The van der Waals surface area contributed by atoms with E-state index in [2.05, 4.69) is 16.0 Å². The number of rotatable bonds is 6. The first-order chi connectivity index (χ1) is 19.0. The van der Waals surface area contributed by atoms with Crippen LogP contribution in [0.3, 0.4) is 0 Å². The third-order valence-corrected chi connectivity index (χ3v) is 8.09. The SMILES string of the molecule is CC(=O)Nc1c(Cl)ccc(NC(=O)c2cc(NC(=O)[C@H]3[C@H](c4ccc(F)c(C(F)(F)F)c4)C3(Cl)Cl)ccc2Cl)c1Cl. The molecule has 0 bridgehead atoms. The van der Waals surface area contributed by atoms with E-state index in [1.807, 2.05) is 0 Å². The largest absolute Gasteiger partial charge is 0.419 e. The molecule has 1 fully saturated rings. The van der Waals surface area contributed by atoms with Crippen molar-refractivity contribution in [3.63, 3.8) is 0 Å². The predicted molar refractivity (Wildman–Crippen MR) is 151 cm³/mol. The number of halogens is 9. The molecule has 1 aliphatic rings. The summed E-state index contributed by atoms with van der Waals surface area (Å²) in [6, 6.07) is 9.03. The second-order valence-electron chi connectivity index (χ2n) is 8.97. The van der Waals surface area contributed by atoms with Crippen molar-refractivity contribution in [1.82, 2.24) is 0 Å². The van der Waals surface area contributed by atoms with E-state index >= 15 is 0 Å². The number of carbonyl (C=O) groups excluding carboxylic acids is 3. The summed E-state index contributed by atoms with van der Waals surface area (Å²) in [5.74, 6) is -5.66. The third-order valence-electron chi connectivity index (χ3n) is 6.11. The molecule has 0 spiro atoms. The number of amides is 3. The van der Waals surface area contributed by atoms with Gasteiger partial charge in [-0.15, -0.1) is 23.2 Å². The summed E-state index contributed by atoms with van der Waals surface area (Å²) in [5, 5.41) is 7.62. The van der Waals surface area contributed by atoms with Gasteiger partial charge in [0.15, 0.2) is 0 Å². The number of anilines is 3. The van der Waals surface area contributed by atoms with Gasteiger partial charge in [-0.3, -0.25) is 14.4 Å². The highest BCUT2D eigenvalue weighted by molar-refractivity contribution is 6.53. The van der Waals surface area contributed by atoms with E-state index < -0.39 is 51.4 Å². The summed E-state index contributed by atoms with van der Waals surface area (Å²) in [7, 11) is 0. The molecule has 3 N–H and O–H groups in total. The van der Waals surface area contributed by atoms with Crippen molar-refractivity contribution in [3.8, 4) is 0 Å². The highest BCUT2D eigenvalue weighted by atomic mass is 35.5. The average molecular weight is 672 g/mol. The van der Waals surface area contributed by atoms with Gasteiger partial charge in [0, 0.05) is 18.5 Å². The monoisotopic (exact) mass is 669 g/mol. The topological polar surface area (TPSA) is 87.3 Å². The zero-order valence-electron chi connectivity index (χ0n) is 20.4. The highest BCUT2D eigenvalue weighted by Crippen LogP contribution is 2.65. The molecule has 0 unspecified atom stereocenters. The van der Waals surface area contributed by atoms with Gasteiger partial charge in [-0.1, -0.05) is 40.9 Å². The summed E-state index contributed by atoms with van der Waals surface area (Å²) in [6.07, 6.45) is -4.96. The fourth-order valence-electron chi connectivity index (χ4n) is 4.15. The maximum absolute atomic E-state index is 13.7. The van der Waals surface area contributed by atoms with Crippen LogP contribution in [-0.2, 0) is 15.8 Å². The van der Waals surface area contributed by atoms with Gasteiger partial charge in [0.1, 0.15) is 10.2 Å². The Labute approximate surface area is 255 Å². The third kappa shape index (κ3) is 6.52. The van der Waals surface area contributed by atoms with Gasteiger partial charge in [-0.2, -0.15) is 13.2 Å². The minimum absolute atomic E-state index is 0.00648. The summed E-state index contributed by atoms with van der Waals surface area (Å²) in [6.45, 7) is 1.25. The second-order valence-corrected chi connectivity index (χ2v) is 11.6. The highest BCUT2D eigenvalue weighted by Gasteiger charge is 2.67. The molecule has 4 rings (SSSR count). The predicted octanol–water partition coefficient (Wildman–Crippen LogP) is 8.54. The van der Waals surface area contributed by atoms with E-state index in [1.54, 1.807) is 0 Å². The smallest absolute Gasteiger partial charge is 0.326 e. The van der Waals surface area contributed by atoms with Gasteiger partial charge in [0.25, 0.3) is 5.91 Å². The summed E-state index contributed by atoms with van der Waals surface area (Å²) in [5.41, 5.74) is -1.39. The Hall–Kier alpha value is -2.76. The normalized spacial score (nSPS) is 17.5. The molecule has 0 saturated heterocycles. The summed E-state index contributed by atoms with van der Waals surface area (Å²) in [4.78, 5) is 37.5. The molecule has 1 aliphatic carbocycles. The van der Waals surface area contributed by atoms with Crippen molar-refractivity contribution < 1.29 is 31.9 Å². The van der Waals surface area contributed by atoms with E-state index in [9.17, 15) is 31.9 Å². The molecule has 2 atom stereocenters. The Bertz CT molecular complexity index is 1580. The zero-order valence-corrected chi connectivity index (χ0v) is 24.2. The Morgan fingerprint density at radius 3 is 2.17 bits per heavy atom. The number of nitrogens with one attached hydrogen (secondary N) is 3. The first-order valence-electron chi connectivity index (χ1n) is 11.4. The van der Waals surface area contributed by atoms with E-state index in [-0.39, 0.29) is 43.3 Å². The van der Waals surface area contributed by atoms with E-state index in [0.29, 0.717) is 12.1 Å². The first kappa shape index (κ1) is 31.2. The Kier molecular flexibility index (Phi) is 8.74. The molecule has 0 aromatic heterocycles. The minimum atomic E-state index is -4.96. The minimum Gasteiger partial charge on any atom is -0.326 e. The molecule has 0 radical (unpaired) electrons. The number of hydrogen-bond donors (Lipinski definition) is 3. The molecular weight excluding hydrogens is 656 g/mol. The van der Waals surface area contributed by atoms with Crippen molar-refractivity contribution in [2.45, 2.75) is 23.4 Å². The molecule has 3 amide bonds. The van der Waals surface area contributed by atoms with Crippen molar-refractivity contribution >= 4 is 92.8 Å². The zero-order chi connectivity index (χ0) is 30.4. The lowest BCUT2D eigenvalue weighted by Crippen LogP contribution is -2.18. The molecule has 6 nitrogen and oxygen atoms in total. The average Bonchev–Trinajstić information content (AvgIpc) is 3.45. The number of alkyl halides is 5. The molecule has 216 valence electrons. The quantitative estimate of drug-likeness (QED) is 0.181. The number of carbonyl (C=O) groups is 3. The standard InChI is InChI=1S/C26H16Cl5F4N3O3/c1-10(39)36-22-16(28)5-7-18(21(22)29)38-23(40)13-9-12(3-4-15(13)27)37-24(41)20-19(25(20,30)31)11-2-6-17(32)14(8-11)26(33,34)35/h2-9,19-20H,1H3,(H,36,39)(H,37,41)(H,38,40)/t19-,20+/m0/s1. The lowest BCUT2D eigenvalue weighted by Gasteiger charge is -2.14. The Morgan fingerprint density at radius 1 is 0.878 bits per heavy atom. The molecule has 1 saturated carbocycles. The van der Waals surface area contributed by atoms with Crippen LogP contribution in [-0.4, -0.2) is 22.1 Å². The van der Waals surface area contributed by atoms with E-state index in [4.69, 9.17) is 58.0 Å². The van der Waals surface area contributed by atoms with Crippen LogP contribution in [0.1, 0.15) is 34.3 Å². The van der Waals surface area contributed by atoms with Gasteiger partial charge in [0.2, 0.25) is 11.8 Å². The molecule has 3 aromatic carbocycles. The van der Waals surface area contributed by atoms with Crippen molar-refractivity contribution in [2.75, 3.05) is 16.0 Å². The van der Waals surface area contributed by atoms with Crippen molar-refractivity contribution in [3.05, 3.63) is 86.1 Å². The van der Waals surface area contributed by atoms with Crippen molar-refractivity contribution in [1.29, 1.82) is 0 Å². The molecule has 41 heavy (non-hydrogen) atoms. The van der Waals surface area contributed by atoms with Crippen LogP contribution in [0.5, 0.6) is 0 Å². The van der Waals surface area contributed by atoms with Gasteiger partial charge in [-0.05, 0) is 48.0 Å². The molecule has 15 heteroatoms. The fraction of sp³-hybridized carbons (Fsp3) is 0.192. The van der Waals surface area contributed by atoms with Gasteiger partial charge in [0.05, 0.1) is 43.5 Å². The van der Waals surface area contributed by atoms with Crippen LogP contribution in [0.2, 0.25) is 15.1 Å². The second kappa shape index (κ2) is 11.5. The van der Waals surface area contributed by atoms with E-state index in [0.717, 1.165) is 6.07 Å². The lowest BCUT2D eigenvalue weighted by atomic mass is 10.0. The van der Waals surface area contributed by atoms with Crippen LogP contribution >= 0.6 is 58.0 Å². The van der Waals surface area contributed by atoms with Crippen LogP contribution in [0.4, 0.5) is 34.6 Å².